The van der Waals surface area contributed by atoms with Crippen LogP contribution in [0.2, 0.25) is 0 Å². The Morgan fingerprint density at radius 3 is 2.43 bits per heavy atom. The second-order valence-corrected chi connectivity index (χ2v) is 8.12. The minimum absolute atomic E-state index is 0.286. The van der Waals surface area contributed by atoms with Crippen molar-refractivity contribution in [2.24, 2.45) is 0 Å². The number of hydrogen-bond acceptors (Lipinski definition) is 4. The third kappa shape index (κ3) is 5.83. The van der Waals surface area contributed by atoms with E-state index < -0.39 is 12.1 Å². The van der Waals surface area contributed by atoms with Crippen molar-refractivity contribution in [3.63, 3.8) is 0 Å². The lowest BCUT2D eigenvalue weighted by molar-refractivity contribution is -0.149. The molecule has 4 rings (SSSR count). The van der Waals surface area contributed by atoms with E-state index in [1.165, 1.54) is 4.90 Å². The summed E-state index contributed by atoms with van der Waals surface area (Å²) in [6.45, 7) is 2.12. The zero-order valence-electron chi connectivity index (χ0n) is 19.6. The zero-order valence-corrected chi connectivity index (χ0v) is 19.6. The summed E-state index contributed by atoms with van der Waals surface area (Å²) in [7, 11) is 1.67. The predicted molar refractivity (Wildman–Crippen MR) is 138 cm³/mol. The normalized spacial score (nSPS) is 11.7. The molecule has 0 radical (unpaired) electrons. The number of benzene rings is 3. The fourth-order valence-electron chi connectivity index (χ4n) is 3.79. The van der Waals surface area contributed by atoms with Gasteiger partial charge in [-0.2, -0.15) is 0 Å². The number of fused-ring (bicyclic) bond motifs is 1. The van der Waals surface area contributed by atoms with Gasteiger partial charge >= 0.3 is 12.0 Å². The van der Waals surface area contributed by atoms with E-state index in [4.69, 9.17) is 4.74 Å². The van der Waals surface area contributed by atoms with Crippen LogP contribution in [0.5, 0.6) is 0 Å². The highest BCUT2D eigenvalue weighted by Crippen LogP contribution is 2.23. The lowest BCUT2D eigenvalue weighted by atomic mass is 10.0. The average molecular weight is 470 g/mol. The van der Waals surface area contributed by atoms with Gasteiger partial charge in [-0.3, -0.25) is 4.90 Å². The molecule has 3 aromatic carbocycles. The summed E-state index contributed by atoms with van der Waals surface area (Å²) in [5.41, 5.74) is 3.14. The van der Waals surface area contributed by atoms with Crippen molar-refractivity contribution in [2.75, 3.05) is 23.9 Å². The van der Waals surface area contributed by atoms with Crippen molar-refractivity contribution >= 4 is 34.3 Å². The second-order valence-electron chi connectivity index (χ2n) is 8.12. The van der Waals surface area contributed by atoms with E-state index in [1.807, 2.05) is 78.9 Å². The van der Waals surface area contributed by atoms with E-state index in [9.17, 15) is 14.7 Å². The molecule has 2 amide bonds. The van der Waals surface area contributed by atoms with Gasteiger partial charge in [0.25, 0.3) is 0 Å². The number of carbonyl (C=O) groups excluding carboxylic acids is 1. The summed E-state index contributed by atoms with van der Waals surface area (Å²) < 4.78 is 5.30. The molecule has 4 aromatic rings. The molecule has 0 saturated carbocycles. The average Bonchev–Trinajstić information content (AvgIpc) is 2.88. The number of carbonyl (C=O) groups is 2. The molecule has 178 valence electrons. The maximum atomic E-state index is 12.9. The number of carboxylic acids is 1. The molecule has 7 heteroatoms. The first-order valence-electron chi connectivity index (χ1n) is 11.4. The summed E-state index contributed by atoms with van der Waals surface area (Å²) in [6, 6.07) is 26.5. The monoisotopic (exact) mass is 469 g/mol. The summed E-state index contributed by atoms with van der Waals surface area (Å²) in [5, 5.41) is 14.4. The predicted octanol–water partition coefficient (Wildman–Crippen LogP) is 5.60. The molecule has 0 unspecified atom stereocenters. The van der Waals surface area contributed by atoms with Crippen LogP contribution in [0.4, 0.5) is 16.3 Å². The number of nitrogens with one attached hydrogen (secondary N) is 1. The zero-order chi connectivity index (χ0) is 24.8. The first-order chi connectivity index (χ1) is 16.9. The van der Waals surface area contributed by atoms with Gasteiger partial charge in [0.05, 0.1) is 5.69 Å². The van der Waals surface area contributed by atoms with E-state index in [0.29, 0.717) is 23.8 Å². The molecule has 1 atom stereocenters. The third-order valence-corrected chi connectivity index (χ3v) is 5.70. The molecular weight excluding hydrogens is 442 g/mol. The Bertz CT molecular complexity index is 1340. The molecule has 0 aliphatic heterocycles. The van der Waals surface area contributed by atoms with E-state index in [2.05, 4.69) is 10.3 Å². The molecule has 35 heavy (non-hydrogen) atoms. The molecule has 0 bridgehead atoms. The first kappa shape index (κ1) is 23.9. The summed E-state index contributed by atoms with van der Waals surface area (Å²) in [5.74, 6) is -0.470. The second kappa shape index (κ2) is 10.8. The molecular formula is C28H27N3O4. The maximum Gasteiger partial charge on any atom is 0.333 e. The van der Waals surface area contributed by atoms with Gasteiger partial charge in [-0.25, -0.2) is 14.6 Å². The van der Waals surface area contributed by atoms with Gasteiger partial charge in [0.1, 0.15) is 5.82 Å². The molecule has 0 fully saturated rings. The Kier molecular flexibility index (Phi) is 7.38. The number of carboxylic acid groups (broad SMARTS) is 1. The molecule has 0 saturated heterocycles. The minimum atomic E-state index is -0.977. The molecule has 2 N–H and O–H groups in total. The Morgan fingerprint density at radius 1 is 0.971 bits per heavy atom. The topological polar surface area (TPSA) is 91.8 Å². The number of hydrogen-bond donors (Lipinski definition) is 2. The Morgan fingerprint density at radius 2 is 1.71 bits per heavy atom. The van der Waals surface area contributed by atoms with Crippen LogP contribution in [-0.2, 0) is 16.0 Å². The highest BCUT2D eigenvalue weighted by Gasteiger charge is 2.18. The van der Waals surface area contributed by atoms with Crippen LogP contribution in [0.3, 0.4) is 0 Å². The number of aliphatic carboxylic acids is 1. The summed E-state index contributed by atoms with van der Waals surface area (Å²) in [6.07, 6.45) is -0.587. The Hall–Kier alpha value is -4.23. The van der Waals surface area contributed by atoms with Crippen molar-refractivity contribution in [3.8, 4) is 11.3 Å². The van der Waals surface area contributed by atoms with Gasteiger partial charge < -0.3 is 15.2 Å². The number of amides is 2. The SMILES string of the molecule is CCO[C@@H](Cc1ccc(-c2cccc(N(C)C(=O)Nc3ccc4ccccc4c3)n2)cc1)C(=O)O. The minimum Gasteiger partial charge on any atom is -0.479 e. The quantitative estimate of drug-likeness (QED) is 0.350. The maximum absolute atomic E-state index is 12.9. The van der Waals surface area contributed by atoms with E-state index >= 15 is 0 Å². The molecule has 0 aliphatic rings. The third-order valence-electron chi connectivity index (χ3n) is 5.70. The van der Waals surface area contributed by atoms with Crippen molar-refractivity contribution in [1.29, 1.82) is 0 Å². The number of nitrogens with zero attached hydrogens (tertiary/aromatic N) is 2. The van der Waals surface area contributed by atoms with Crippen LogP contribution in [0, 0.1) is 0 Å². The highest BCUT2D eigenvalue weighted by atomic mass is 16.5. The van der Waals surface area contributed by atoms with Crippen LogP contribution in [0.1, 0.15) is 12.5 Å². The lowest BCUT2D eigenvalue weighted by Gasteiger charge is -2.18. The van der Waals surface area contributed by atoms with E-state index in [0.717, 1.165) is 21.9 Å². The van der Waals surface area contributed by atoms with Crippen LogP contribution in [-0.4, -0.2) is 41.8 Å². The Balaban J connectivity index is 1.46. The van der Waals surface area contributed by atoms with Crippen LogP contribution in [0.25, 0.3) is 22.0 Å². The van der Waals surface area contributed by atoms with Gasteiger partial charge in [0.2, 0.25) is 0 Å². The lowest BCUT2D eigenvalue weighted by Crippen LogP contribution is -2.31. The summed E-state index contributed by atoms with van der Waals surface area (Å²) in [4.78, 5) is 30.3. The Labute approximate surface area is 204 Å². The fraction of sp³-hybridized carbons (Fsp3) is 0.179. The van der Waals surface area contributed by atoms with Crippen molar-refractivity contribution in [2.45, 2.75) is 19.4 Å². The standard InChI is InChI=1S/C28H27N3O4/c1-3-35-25(27(32)33)17-19-11-13-21(14-12-19)24-9-6-10-26(30-24)31(2)28(34)29-23-16-15-20-7-4-5-8-22(20)18-23/h4-16,18,25H,3,17H2,1-2H3,(H,29,34)(H,32,33)/t25-/m0/s1. The van der Waals surface area contributed by atoms with E-state index in [-0.39, 0.29) is 12.5 Å². The van der Waals surface area contributed by atoms with Crippen LogP contribution < -0.4 is 10.2 Å². The van der Waals surface area contributed by atoms with Gasteiger partial charge in [0, 0.05) is 31.3 Å². The van der Waals surface area contributed by atoms with E-state index in [1.54, 1.807) is 20.0 Å². The highest BCUT2D eigenvalue weighted by molar-refractivity contribution is 6.02. The fourth-order valence-corrected chi connectivity index (χ4v) is 3.79. The van der Waals surface area contributed by atoms with Gasteiger partial charge in [-0.1, -0.05) is 60.7 Å². The summed E-state index contributed by atoms with van der Waals surface area (Å²) >= 11 is 0. The first-order valence-corrected chi connectivity index (χ1v) is 11.4. The van der Waals surface area contributed by atoms with Crippen LogP contribution >= 0.6 is 0 Å². The number of anilines is 2. The molecule has 0 aliphatic carbocycles. The smallest absolute Gasteiger partial charge is 0.333 e. The van der Waals surface area contributed by atoms with Gasteiger partial charge in [0.15, 0.2) is 6.10 Å². The number of pyridine rings is 1. The van der Waals surface area contributed by atoms with Gasteiger partial charge in [-0.05, 0) is 47.5 Å². The van der Waals surface area contributed by atoms with Gasteiger partial charge in [-0.15, -0.1) is 0 Å². The largest absolute Gasteiger partial charge is 0.479 e. The molecule has 1 aromatic heterocycles. The molecule has 7 nitrogen and oxygen atoms in total. The molecule has 0 spiro atoms. The van der Waals surface area contributed by atoms with Crippen molar-refractivity contribution in [3.05, 3.63) is 90.5 Å². The van der Waals surface area contributed by atoms with Crippen molar-refractivity contribution < 1.29 is 19.4 Å². The van der Waals surface area contributed by atoms with Crippen LogP contribution in [0.15, 0.2) is 84.9 Å². The number of ether oxygens (including phenoxy) is 1. The number of urea groups is 1. The van der Waals surface area contributed by atoms with Crippen molar-refractivity contribution in [1.82, 2.24) is 4.98 Å². The molecule has 1 heterocycles. The number of aromatic nitrogens is 1. The number of rotatable bonds is 8.